The molecule has 0 fully saturated rings. The number of rotatable bonds is 1. The van der Waals surface area contributed by atoms with Crippen LogP contribution in [0.2, 0.25) is 0 Å². The molecule has 3 aromatic rings. The Bertz CT molecular complexity index is 1260. The average molecular weight is 362 g/mol. The summed E-state index contributed by atoms with van der Waals surface area (Å²) in [5, 5.41) is 2.46. The van der Waals surface area contributed by atoms with Crippen LogP contribution >= 0.6 is 0 Å². The summed E-state index contributed by atoms with van der Waals surface area (Å²) >= 11 is 0. The molecule has 0 amide bonds. The number of aliphatic imine (C=N–C) groups is 2. The zero-order chi connectivity index (χ0) is 18.5. The van der Waals surface area contributed by atoms with Crippen LogP contribution in [0.5, 0.6) is 5.75 Å². The van der Waals surface area contributed by atoms with Crippen LogP contribution < -0.4 is 4.74 Å². The minimum atomic E-state index is 0.637. The van der Waals surface area contributed by atoms with Crippen LogP contribution in [0.1, 0.15) is 28.7 Å². The molecule has 2 aliphatic heterocycles. The third-order valence-electron chi connectivity index (χ3n) is 5.68. The topological polar surface area (TPSA) is 34.0 Å². The highest BCUT2D eigenvalue weighted by atomic mass is 16.5. The van der Waals surface area contributed by atoms with Gasteiger partial charge in [-0.25, -0.2) is 9.98 Å². The molecule has 0 saturated carbocycles. The van der Waals surface area contributed by atoms with Gasteiger partial charge in [-0.2, -0.15) is 0 Å². The van der Waals surface area contributed by atoms with Crippen molar-refractivity contribution < 1.29 is 4.74 Å². The molecule has 3 heteroatoms. The van der Waals surface area contributed by atoms with Gasteiger partial charge in [0, 0.05) is 35.3 Å². The minimum absolute atomic E-state index is 0.637. The van der Waals surface area contributed by atoms with Crippen LogP contribution in [0.3, 0.4) is 0 Å². The molecule has 0 atom stereocenters. The monoisotopic (exact) mass is 362 g/mol. The van der Waals surface area contributed by atoms with Crippen LogP contribution in [0.4, 0.5) is 0 Å². The summed E-state index contributed by atoms with van der Waals surface area (Å²) in [5.41, 5.74) is 7.65. The Balaban J connectivity index is 1.58. The molecular weight excluding hydrogens is 344 g/mol. The van der Waals surface area contributed by atoms with Gasteiger partial charge in [0.05, 0.1) is 0 Å². The van der Waals surface area contributed by atoms with Gasteiger partial charge in [0.15, 0.2) is 5.84 Å². The van der Waals surface area contributed by atoms with Crippen molar-refractivity contribution in [3.8, 4) is 16.9 Å². The standard InChI is InChI=1S/C25H18N2O/c1-2-7-20-19(6-1)23-18-10-9-16(25-26-11-3-4-12-27-25)14-17(18)15-22(23)21-8-5-13-28-24(20)21/h1-3,5-12,14H,4,13,15H2. The lowest BCUT2D eigenvalue weighted by molar-refractivity contribution is 0.362. The molecule has 1 aliphatic carbocycles. The van der Waals surface area contributed by atoms with Crippen LogP contribution in [0.25, 0.3) is 28.0 Å². The molecule has 0 N–H and O–H groups in total. The molecule has 28 heavy (non-hydrogen) atoms. The molecule has 0 bridgehead atoms. The van der Waals surface area contributed by atoms with Crippen LogP contribution in [-0.2, 0) is 6.42 Å². The lowest BCUT2D eigenvalue weighted by atomic mass is 9.92. The van der Waals surface area contributed by atoms with Gasteiger partial charge in [0.25, 0.3) is 0 Å². The Hall–Kier alpha value is -3.46. The zero-order valence-electron chi connectivity index (χ0n) is 15.4. The number of fused-ring (bicyclic) bond motifs is 8. The summed E-state index contributed by atoms with van der Waals surface area (Å²) in [6, 6.07) is 15.2. The van der Waals surface area contributed by atoms with Crippen molar-refractivity contribution in [3.63, 3.8) is 0 Å². The van der Waals surface area contributed by atoms with E-state index in [0.717, 1.165) is 30.0 Å². The van der Waals surface area contributed by atoms with Gasteiger partial charge in [0.1, 0.15) is 12.4 Å². The van der Waals surface area contributed by atoms with E-state index in [1.54, 1.807) is 0 Å². The smallest absolute Gasteiger partial charge is 0.158 e. The Morgan fingerprint density at radius 3 is 2.86 bits per heavy atom. The van der Waals surface area contributed by atoms with Gasteiger partial charge < -0.3 is 4.74 Å². The second kappa shape index (κ2) is 6.03. The van der Waals surface area contributed by atoms with Crippen LogP contribution in [0.15, 0.2) is 70.8 Å². The summed E-state index contributed by atoms with van der Waals surface area (Å²) < 4.78 is 6.06. The van der Waals surface area contributed by atoms with Crippen LogP contribution in [-0.4, -0.2) is 18.7 Å². The van der Waals surface area contributed by atoms with Crippen molar-refractivity contribution in [3.05, 3.63) is 83.1 Å². The highest BCUT2D eigenvalue weighted by molar-refractivity contribution is 6.09. The molecule has 134 valence electrons. The fourth-order valence-electron chi connectivity index (χ4n) is 4.48. The number of ether oxygens (including phenoxy) is 1. The highest BCUT2D eigenvalue weighted by Gasteiger charge is 2.28. The van der Waals surface area contributed by atoms with E-state index < -0.39 is 0 Å². The van der Waals surface area contributed by atoms with Gasteiger partial charge in [0.2, 0.25) is 0 Å². The molecular formula is C25H18N2O. The largest absolute Gasteiger partial charge is 0.488 e. The van der Waals surface area contributed by atoms with E-state index in [0.29, 0.717) is 6.61 Å². The van der Waals surface area contributed by atoms with E-state index >= 15 is 0 Å². The van der Waals surface area contributed by atoms with Gasteiger partial charge in [-0.1, -0.05) is 48.6 Å². The van der Waals surface area contributed by atoms with Gasteiger partial charge in [-0.15, -0.1) is 0 Å². The molecule has 3 nitrogen and oxygen atoms in total. The summed E-state index contributed by atoms with van der Waals surface area (Å²) in [6.07, 6.45) is 11.8. The van der Waals surface area contributed by atoms with Gasteiger partial charge in [-0.3, -0.25) is 0 Å². The van der Waals surface area contributed by atoms with Gasteiger partial charge in [-0.05, 0) is 46.2 Å². The zero-order valence-corrected chi connectivity index (χ0v) is 15.4. The molecule has 2 heterocycles. The highest BCUT2D eigenvalue weighted by Crippen LogP contribution is 2.48. The van der Waals surface area contributed by atoms with E-state index in [2.05, 4.69) is 64.6 Å². The number of hydrogen-bond acceptors (Lipinski definition) is 3. The van der Waals surface area contributed by atoms with E-state index in [-0.39, 0.29) is 0 Å². The van der Waals surface area contributed by atoms with Crippen molar-refractivity contribution in [2.45, 2.75) is 12.8 Å². The number of nitrogens with zero attached hydrogens (tertiary/aromatic N) is 2. The van der Waals surface area contributed by atoms with E-state index in [4.69, 9.17) is 4.74 Å². The van der Waals surface area contributed by atoms with Crippen LogP contribution in [0, 0.1) is 0 Å². The number of amidine groups is 1. The summed E-state index contributed by atoms with van der Waals surface area (Å²) in [4.78, 5) is 9.01. The predicted molar refractivity (Wildman–Crippen MR) is 116 cm³/mol. The van der Waals surface area contributed by atoms with Crippen molar-refractivity contribution in [1.29, 1.82) is 0 Å². The lowest BCUT2D eigenvalue weighted by Gasteiger charge is -2.19. The molecule has 0 spiro atoms. The first-order chi connectivity index (χ1) is 13.9. The number of hydrogen-bond donors (Lipinski definition) is 0. The van der Waals surface area contributed by atoms with E-state index in [1.807, 2.05) is 18.5 Å². The summed E-state index contributed by atoms with van der Waals surface area (Å²) in [5.74, 6) is 1.80. The van der Waals surface area contributed by atoms with E-state index in [1.165, 1.54) is 38.6 Å². The Morgan fingerprint density at radius 1 is 0.964 bits per heavy atom. The normalized spacial score (nSPS) is 16.2. The maximum absolute atomic E-state index is 6.06. The maximum Gasteiger partial charge on any atom is 0.158 e. The molecule has 6 rings (SSSR count). The average Bonchev–Trinajstić information content (AvgIpc) is 2.92. The Morgan fingerprint density at radius 2 is 1.89 bits per heavy atom. The SMILES string of the molecule is C1=CN=C(c2ccc3c(c2)Cc2c4c(c5ccccc5c2-3)OCC=C4)N=CC1. The van der Waals surface area contributed by atoms with E-state index in [9.17, 15) is 0 Å². The third-order valence-corrected chi connectivity index (χ3v) is 5.68. The quantitative estimate of drug-likeness (QED) is 0.437. The summed E-state index contributed by atoms with van der Waals surface area (Å²) in [7, 11) is 0. The van der Waals surface area contributed by atoms with Crippen molar-refractivity contribution in [2.24, 2.45) is 9.98 Å². The van der Waals surface area contributed by atoms with Crippen molar-refractivity contribution >= 4 is 28.9 Å². The lowest BCUT2D eigenvalue weighted by Crippen LogP contribution is -2.04. The first-order valence-electron chi connectivity index (χ1n) is 9.66. The fourth-order valence-corrected chi connectivity index (χ4v) is 4.48. The second-order valence-corrected chi connectivity index (χ2v) is 7.29. The molecule has 0 aromatic heterocycles. The first-order valence-corrected chi connectivity index (χ1v) is 9.66. The molecule has 3 aromatic carbocycles. The van der Waals surface area contributed by atoms with Crippen molar-refractivity contribution in [2.75, 3.05) is 6.61 Å². The number of benzene rings is 3. The Labute approximate surface area is 163 Å². The third kappa shape index (κ3) is 2.23. The maximum atomic E-state index is 6.06. The Kier molecular flexibility index (Phi) is 3.36. The minimum Gasteiger partial charge on any atom is -0.488 e. The molecule has 3 aliphatic rings. The molecule has 0 radical (unpaired) electrons. The van der Waals surface area contributed by atoms with Crippen molar-refractivity contribution in [1.82, 2.24) is 0 Å². The first kappa shape index (κ1) is 15.6. The molecule has 0 saturated heterocycles. The second-order valence-electron chi connectivity index (χ2n) is 7.29. The molecule has 0 unspecified atom stereocenters. The van der Waals surface area contributed by atoms with Gasteiger partial charge >= 0.3 is 0 Å². The predicted octanol–water partition coefficient (Wildman–Crippen LogP) is 5.55. The summed E-state index contributed by atoms with van der Waals surface area (Å²) in [6.45, 7) is 0.637. The fraction of sp³-hybridized carbons (Fsp3) is 0.120. The number of allylic oxidation sites excluding steroid dienone is 1.